The summed E-state index contributed by atoms with van der Waals surface area (Å²) in [5.74, 6) is -0.246. The molecule has 2 rings (SSSR count). The summed E-state index contributed by atoms with van der Waals surface area (Å²) in [5, 5.41) is 0. The Morgan fingerprint density at radius 3 is 2.48 bits per heavy atom. The van der Waals surface area contributed by atoms with Crippen molar-refractivity contribution in [2.75, 3.05) is 19.7 Å². The topological polar surface area (TPSA) is 63.7 Å². The normalized spacial score (nSPS) is 15.5. The number of esters is 1. The molecule has 5 nitrogen and oxygen atoms in total. The SMILES string of the molecule is CCOC(=O)C1CCN(C(=O)CCC(=O)c2ccc(C)s2)CC1. The Bertz CT molecular complexity index is 573. The fraction of sp³-hybridized carbons (Fsp3) is 0.588. The van der Waals surface area contributed by atoms with Gasteiger partial charge in [0.2, 0.25) is 5.91 Å². The summed E-state index contributed by atoms with van der Waals surface area (Å²) in [7, 11) is 0. The predicted molar refractivity (Wildman–Crippen MR) is 88.6 cm³/mol. The minimum Gasteiger partial charge on any atom is -0.466 e. The molecule has 0 aromatic carbocycles. The second kappa shape index (κ2) is 8.24. The molecule has 0 radical (unpaired) electrons. The molecule has 1 aliphatic heterocycles. The molecule has 23 heavy (non-hydrogen) atoms. The van der Waals surface area contributed by atoms with Crippen LogP contribution in [0.5, 0.6) is 0 Å². The van der Waals surface area contributed by atoms with Gasteiger partial charge < -0.3 is 9.64 Å². The number of carbonyl (C=O) groups is 3. The molecule has 0 bridgehead atoms. The molecule has 126 valence electrons. The molecule has 1 saturated heterocycles. The second-order valence-corrected chi connectivity index (χ2v) is 7.03. The number of hydrogen-bond acceptors (Lipinski definition) is 5. The first-order chi connectivity index (χ1) is 11.0. The van der Waals surface area contributed by atoms with Gasteiger partial charge in [-0.15, -0.1) is 11.3 Å². The highest BCUT2D eigenvalue weighted by molar-refractivity contribution is 7.14. The van der Waals surface area contributed by atoms with Crippen LogP contribution in [0.1, 0.15) is 47.2 Å². The van der Waals surface area contributed by atoms with Crippen LogP contribution in [0.25, 0.3) is 0 Å². The summed E-state index contributed by atoms with van der Waals surface area (Å²) in [4.78, 5) is 39.5. The van der Waals surface area contributed by atoms with Gasteiger partial charge in [0.25, 0.3) is 0 Å². The molecular formula is C17H23NO4S. The lowest BCUT2D eigenvalue weighted by molar-refractivity contribution is -0.151. The molecule has 0 N–H and O–H groups in total. The van der Waals surface area contributed by atoms with Gasteiger partial charge >= 0.3 is 5.97 Å². The zero-order chi connectivity index (χ0) is 16.8. The Kier molecular flexibility index (Phi) is 6.33. The summed E-state index contributed by atoms with van der Waals surface area (Å²) in [6, 6.07) is 3.73. The van der Waals surface area contributed by atoms with Crippen molar-refractivity contribution in [2.45, 2.75) is 39.5 Å². The Hall–Kier alpha value is -1.69. The van der Waals surface area contributed by atoms with Crippen LogP contribution in [0.3, 0.4) is 0 Å². The van der Waals surface area contributed by atoms with E-state index in [1.807, 2.05) is 19.1 Å². The molecule has 1 amide bonds. The van der Waals surface area contributed by atoms with Crippen molar-refractivity contribution in [3.8, 4) is 0 Å². The van der Waals surface area contributed by atoms with Crippen LogP contribution in [-0.2, 0) is 14.3 Å². The maximum Gasteiger partial charge on any atom is 0.309 e. The highest BCUT2D eigenvalue weighted by atomic mass is 32.1. The van der Waals surface area contributed by atoms with E-state index in [4.69, 9.17) is 4.74 Å². The lowest BCUT2D eigenvalue weighted by Crippen LogP contribution is -2.40. The van der Waals surface area contributed by atoms with Crippen LogP contribution < -0.4 is 0 Å². The molecule has 0 atom stereocenters. The average molecular weight is 337 g/mol. The summed E-state index contributed by atoms with van der Waals surface area (Å²) < 4.78 is 5.02. The van der Waals surface area contributed by atoms with E-state index in [0.717, 1.165) is 9.75 Å². The lowest BCUT2D eigenvalue weighted by Gasteiger charge is -2.30. The van der Waals surface area contributed by atoms with E-state index in [0.29, 0.717) is 32.5 Å². The quantitative estimate of drug-likeness (QED) is 0.591. The molecule has 0 aliphatic carbocycles. The number of nitrogens with zero attached hydrogens (tertiary/aromatic N) is 1. The lowest BCUT2D eigenvalue weighted by atomic mass is 9.96. The maximum atomic E-state index is 12.2. The van der Waals surface area contributed by atoms with Gasteiger partial charge in [0.05, 0.1) is 17.4 Å². The van der Waals surface area contributed by atoms with E-state index in [-0.39, 0.29) is 36.4 Å². The van der Waals surface area contributed by atoms with Gasteiger partial charge in [-0.3, -0.25) is 14.4 Å². The van der Waals surface area contributed by atoms with Gasteiger partial charge in [0.1, 0.15) is 0 Å². The van der Waals surface area contributed by atoms with Gasteiger partial charge in [0.15, 0.2) is 5.78 Å². The van der Waals surface area contributed by atoms with Gasteiger partial charge in [-0.1, -0.05) is 0 Å². The zero-order valence-corrected chi connectivity index (χ0v) is 14.5. The number of carbonyl (C=O) groups excluding carboxylic acids is 3. The van der Waals surface area contributed by atoms with Crippen molar-refractivity contribution in [3.63, 3.8) is 0 Å². The zero-order valence-electron chi connectivity index (χ0n) is 13.7. The molecule has 6 heteroatoms. The van der Waals surface area contributed by atoms with Crippen LogP contribution in [-0.4, -0.2) is 42.3 Å². The summed E-state index contributed by atoms with van der Waals surface area (Å²) in [6.07, 6.45) is 1.77. The van der Waals surface area contributed by atoms with Gasteiger partial charge in [-0.25, -0.2) is 0 Å². The van der Waals surface area contributed by atoms with Crippen LogP contribution >= 0.6 is 11.3 Å². The van der Waals surface area contributed by atoms with Crippen molar-refractivity contribution in [1.82, 2.24) is 4.90 Å². The fourth-order valence-corrected chi connectivity index (χ4v) is 3.55. The fourth-order valence-electron chi connectivity index (χ4n) is 2.71. The molecule has 0 unspecified atom stereocenters. The number of thiophene rings is 1. The first-order valence-corrected chi connectivity index (χ1v) is 8.87. The first kappa shape index (κ1) is 17.7. The monoisotopic (exact) mass is 337 g/mol. The third-order valence-electron chi connectivity index (χ3n) is 4.05. The first-order valence-electron chi connectivity index (χ1n) is 8.05. The van der Waals surface area contributed by atoms with E-state index >= 15 is 0 Å². The van der Waals surface area contributed by atoms with E-state index in [1.54, 1.807) is 11.8 Å². The molecule has 1 aromatic rings. The molecule has 2 heterocycles. The number of piperidine rings is 1. The Balaban J connectivity index is 1.75. The number of likely N-dealkylation sites (tertiary alicyclic amines) is 1. The number of ether oxygens (including phenoxy) is 1. The Morgan fingerprint density at radius 1 is 1.22 bits per heavy atom. The van der Waals surface area contributed by atoms with E-state index < -0.39 is 0 Å². The largest absolute Gasteiger partial charge is 0.466 e. The minimum absolute atomic E-state index is 0.00561. The van der Waals surface area contributed by atoms with Crippen molar-refractivity contribution >= 4 is 29.0 Å². The highest BCUT2D eigenvalue weighted by Crippen LogP contribution is 2.21. The Morgan fingerprint density at radius 2 is 1.91 bits per heavy atom. The number of aryl methyl sites for hydroxylation is 1. The summed E-state index contributed by atoms with van der Waals surface area (Å²) in [6.45, 7) is 5.27. The standard InChI is InChI=1S/C17H23NO4S/c1-3-22-17(21)13-8-10-18(11-9-13)16(20)7-5-14(19)15-6-4-12(2)23-15/h4,6,13H,3,5,7-11H2,1-2H3. The van der Waals surface area contributed by atoms with Gasteiger partial charge in [-0.2, -0.15) is 0 Å². The van der Waals surface area contributed by atoms with Crippen LogP contribution in [0.4, 0.5) is 0 Å². The molecule has 1 aromatic heterocycles. The minimum atomic E-state index is -0.164. The maximum absolute atomic E-state index is 12.2. The summed E-state index contributed by atoms with van der Waals surface area (Å²) >= 11 is 1.47. The predicted octanol–water partition coefficient (Wildman–Crippen LogP) is 2.82. The van der Waals surface area contributed by atoms with E-state index in [1.165, 1.54) is 11.3 Å². The van der Waals surface area contributed by atoms with Crippen LogP contribution in [0, 0.1) is 12.8 Å². The number of Topliss-reactive ketones (excluding diaryl/α,β-unsaturated/α-hetero) is 1. The van der Waals surface area contributed by atoms with Crippen molar-refractivity contribution in [3.05, 3.63) is 21.9 Å². The second-order valence-electron chi connectivity index (χ2n) is 5.74. The average Bonchev–Trinajstić information content (AvgIpc) is 2.99. The summed E-state index contributed by atoms with van der Waals surface area (Å²) in [5.41, 5.74) is 0. The highest BCUT2D eigenvalue weighted by Gasteiger charge is 2.28. The molecular weight excluding hydrogens is 314 g/mol. The van der Waals surface area contributed by atoms with Crippen molar-refractivity contribution in [1.29, 1.82) is 0 Å². The molecule has 0 spiro atoms. The van der Waals surface area contributed by atoms with E-state index in [2.05, 4.69) is 0 Å². The number of rotatable bonds is 6. The van der Waals surface area contributed by atoms with Crippen molar-refractivity contribution < 1.29 is 19.1 Å². The smallest absolute Gasteiger partial charge is 0.309 e. The molecule has 0 saturated carbocycles. The van der Waals surface area contributed by atoms with Crippen LogP contribution in [0.15, 0.2) is 12.1 Å². The number of ketones is 1. The van der Waals surface area contributed by atoms with Crippen LogP contribution in [0.2, 0.25) is 0 Å². The third-order valence-corrected chi connectivity index (χ3v) is 5.09. The van der Waals surface area contributed by atoms with E-state index in [9.17, 15) is 14.4 Å². The number of hydrogen-bond donors (Lipinski definition) is 0. The third kappa shape index (κ3) is 4.89. The van der Waals surface area contributed by atoms with Gasteiger partial charge in [0, 0.05) is 30.8 Å². The Labute approximate surface area is 140 Å². The van der Waals surface area contributed by atoms with Crippen molar-refractivity contribution in [2.24, 2.45) is 5.92 Å². The number of amides is 1. The molecule has 1 aliphatic rings. The molecule has 1 fully saturated rings. The van der Waals surface area contributed by atoms with Gasteiger partial charge in [-0.05, 0) is 38.8 Å².